The monoisotopic (exact) mass is 269 g/mol. The average molecular weight is 269 g/mol. The Balaban J connectivity index is 3.01. The summed E-state index contributed by atoms with van der Waals surface area (Å²) in [5, 5.41) is 12.4. The van der Waals surface area contributed by atoms with Crippen LogP contribution in [0, 0.1) is 0 Å². The number of hydrogen-bond acceptors (Lipinski definition) is 4. The lowest BCUT2D eigenvalue weighted by atomic mass is 10.2. The van der Waals surface area contributed by atoms with Crippen molar-refractivity contribution in [1.29, 1.82) is 0 Å². The quantitative estimate of drug-likeness (QED) is 0.763. The summed E-state index contributed by atoms with van der Waals surface area (Å²) in [5.41, 5.74) is -0.0378. The van der Waals surface area contributed by atoms with E-state index >= 15 is 0 Å². The van der Waals surface area contributed by atoms with Crippen LogP contribution in [-0.2, 0) is 21.9 Å². The van der Waals surface area contributed by atoms with Gasteiger partial charge in [-0.25, -0.2) is 8.42 Å². The molecule has 0 bridgehead atoms. The lowest BCUT2D eigenvalue weighted by molar-refractivity contribution is -0.139. The maximum atomic E-state index is 12.1. The van der Waals surface area contributed by atoms with Crippen LogP contribution < -0.4 is 4.72 Å². The molecule has 1 unspecified atom stereocenters. The Morgan fingerprint density at radius 3 is 2.53 bits per heavy atom. The van der Waals surface area contributed by atoms with Crippen molar-refractivity contribution in [2.75, 3.05) is 0 Å². The van der Waals surface area contributed by atoms with E-state index in [2.05, 4.69) is 5.10 Å². The predicted octanol–water partition coefficient (Wildman–Crippen LogP) is -0.312. The molecule has 0 aliphatic rings. The molecule has 7 nitrogen and oxygen atoms in total. The Kier molecular flexibility index (Phi) is 3.78. The zero-order valence-corrected chi connectivity index (χ0v) is 9.36. The van der Waals surface area contributed by atoms with E-state index in [0.717, 1.165) is 6.20 Å². The maximum absolute atomic E-state index is 12.1. The second kappa shape index (κ2) is 4.75. The molecule has 0 saturated carbocycles. The first-order chi connectivity index (χ1) is 7.74. The molecule has 1 rings (SSSR count). The number of carbonyl (C=O) groups is 1. The van der Waals surface area contributed by atoms with Gasteiger partial charge in [0.2, 0.25) is 0 Å². The van der Waals surface area contributed by atoms with E-state index in [-0.39, 0.29) is 5.56 Å². The van der Waals surface area contributed by atoms with Crippen molar-refractivity contribution < 1.29 is 27.1 Å². The van der Waals surface area contributed by atoms with Crippen LogP contribution in [0.2, 0.25) is 0 Å². The standard InChI is InChI=1S/C7H9F2N3O4S/c1-12-3-4(2-10-12)5(6(13)14)11-17(15,16)7(8)9/h2-3,5,7,11H,1H3,(H,13,14). The van der Waals surface area contributed by atoms with Gasteiger partial charge >= 0.3 is 11.7 Å². The second-order valence-corrected chi connectivity index (χ2v) is 4.82. The van der Waals surface area contributed by atoms with Gasteiger partial charge in [0.15, 0.2) is 0 Å². The third kappa shape index (κ3) is 3.20. The van der Waals surface area contributed by atoms with Gasteiger partial charge in [-0.3, -0.25) is 9.48 Å². The maximum Gasteiger partial charge on any atom is 0.350 e. The predicted molar refractivity (Wildman–Crippen MR) is 51.6 cm³/mol. The molecular formula is C7H9F2N3O4S. The topological polar surface area (TPSA) is 101 Å². The lowest BCUT2D eigenvalue weighted by Crippen LogP contribution is -2.36. The minimum atomic E-state index is -4.98. The molecule has 10 heteroatoms. The van der Waals surface area contributed by atoms with Gasteiger partial charge < -0.3 is 5.11 Å². The van der Waals surface area contributed by atoms with Crippen molar-refractivity contribution in [3.63, 3.8) is 0 Å². The van der Waals surface area contributed by atoms with Crippen molar-refractivity contribution in [3.8, 4) is 0 Å². The number of sulfonamides is 1. The van der Waals surface area contributed by atoms with Gasteiger partial charge in [0.1, 0.15) is 6.04 Å². The molecule has 2 N–H and O–H groups in total. The molecule has 0 radical (unpaired) electrons. The highest BCUT2D eigenvalue weighted by molar-refractivity contribution is 7.89. The van der Waals surface area contributed by atoms with Gasteiger partial charge in [0.05, 0.1) is 6.20 Å². The van der Waals surface area contributed by atoms with Crippen molar-refractivity contribution in [2.45, 2.75) is 11.8 Å². The van der Waals surface area contributed by atoms with Gasteiger partial charge in [0, 0.05) is 18.8 Å². The fourth-order valence-corrected chi connectivity index (χ4v) is 1.73. The summed E-state index contributed by atoms with van der Waals surface area (Å²) in [4.78, 5) is 10.8. The first-order valence-electron chi connectivity index (χ1n) is 4.24. The fourth-order valence-electron chi connectivity index (χ4n) is 1.07. The van der Waals surface area contributed by atoms with Crippen LogP contribution in [0.1, 0.15) is 11.6 Å². The number of carboxylic acids is 1. The van der Waals surface area contributed by atoms with Gasteiger partial charge in [0.25, 0.3) is 10.0 Å². The lowest BCUT2D eigenvalue weighted by Gasteiger charge is -2.12. The van der Waals surface area contributed by atoms with Crippen LogP contribution in [0.25, 0.3) is 0 Å². The normalized spacial score (nSPS) is 13.9. The van der Waals surface area contributed by atoms with Gasteiger partial charge in [-0.1, -0.05) is 0 Å². The number of rotatable bonds is 5. The molecule has 0 saturated heterocycles. The molecule has 17 heavy (non-hydrogen) atoms. The summed E-state index contributed by atoms with van der Waals surface area (Å²) in [6, 6.07) is -1.79. The summed E-state index contributed by atoms with van der Waals surface area (Å²) >= 11 is 0. The molecule has 0 aliphatic carbocycles. The molecule has 0 aromatic carbocycles. The molecule has 1 atom stereocenters. The number of aryl methyl sites for hydroxylation is 1. The van der Waals surface area contributed by atoms with E-state index in [4.69, 9.17) is 5.11 Å². The zero-order valence-electron chi connectivity index (χ0n) is 8.54. The van der Waals surface area contributed by atoms with E-state index < -0.39 is 27.8 Å². The smallest absolute Gasteiger partial charge is 0.350 e. The summed E-state index contributed by atoms with van der Waals surface area (Å²) in [5.74, 6) is -5.29. The first-order valence-corrected chi connectivity index (χ1v) is 5.79. The Morgan fingerprint density at radius 1 is 1.59 bits per heavy atom. The van der Waals surface area contributed by atoms with Crippen molar-refractivity contribution in [1.82, 2.24) is 14.5 Å². The third-order valence-electron chi connectivity index (χ3n) is 1.82. The summed E-state index contributed by atoms with van der Waals surface area (Å²) in [6.07, 6.45) is 2.29. The molecular weight excluding hydrogens is 260 g/mol. The molecule has 96 valence electrons. The highest BCUT2D eigenvalue weighted by Crippen LogP contribution is 2.15. The number of aromatic nitrogens is 2. The number of aliphatic carboxylic acids is 1. The summed E-state index contributed by atoms with van der Waals surface area (Å²) in [7, 11) is -3.51. The van der Waals surface area contributed by atoms with Gasteiger partial charge in [-0.15, -0.1) is 0 Å². The fraction of sp³-hybridized carbons (Fsp3) is 0.429. The molecule has 0 amide bonds. The number of carboxylic acid groups (broad SMARTS) is 1. The number of nitrogens with one attached hydrogen (secondary N) is 1. The number of nitrogens with zero attached hydrogens (tertiary/aromatic N) is 2. The number of alkyl halides is 2. The van der Waals surface area contributed by atoms with Crippen LogP contribution in [0.5, 0.6) is 0 Å². The van der Waals surface area contributed by atoms with Gasteiger partial charge in [-0.05, 0) is 0 Å². The van der Waals surface area contributed by atoms with Crippen LogP contribution in [0.4, 0.5) is 8.78 Å². The van der Waals surface area contributed by atoms with Crippen LogP contribution in [0.3, 0.4) is 0 Å². The Bertz CT molecular complexity index is 513. The van der Waals surface area contributed by atoms with Gasteiger partial charge in [-0.2, -0.15) is 18.6 Å². The first kappa shape index (κ1) is 13.5. The molecule has 1 heterocycles. The summed E-state index contributed by atoms with van der Waals surface area (Å²) in [6.45, 7) is 0. The molecule has 0 spiro atoms. The van der Waals surface area contributed by atoms with Crippen LogP contribution in [0.15, 0.2) is 12.4 Å². The molecule has 1 aromatic rings. The average Bonchev–Trinajstić information content (AvgIpc) is 2.60. The third-order valence-corrected chi connectivity index (χ3v) is 2.86. The second-order valence-electron chi connectivity index (χ2n) is 3.14. The van der Waals surface area contributed by atoms with E-state index in [1.54, 1.807) is 0 Å². The van der Waals surface area contributed by atoms with Crippen LogP contribution in [-0.4, -0.2) is 35.0 Å². The minimum Gasteiger partial charge on any atom is -0.480 e. The van der Waals surface area contributed by atoms with E-state index in [0.29, 0.717) is 0 Å². The van der Waals surface area contributed by atoms with E-state index in [1.807, 2.05) is 0 Å². The van der Waals surface area contributed by atoms with Crippen molar-refractivity contribution in [2.24, 2.45) is 7.05 Å². The molecule has 1 aromatic heterocycles. The largest absolute Gasteiger partial charge is 0.480 e. The Morgan fingerprint density at radius 2 is 2.18 bits per heavy atom. The highest BCUT2D eigenvalue weighted by atomic mass is 32.2. The zero-order chi connectivity index (χ0) is 13.2. The number of halogens is 2. The minimum absolute atomic E-state index is 0.0378. The van der Waals surface area contributed by atoms with E-state index in [9.17, 15) is 22.0 Å². The summed E-state index contributed by atoms with van der Waals surface area (Å²) < 4.78 is 48.5. The molecule has 0 fully saturated rings. The SMILES string of the molecule is Cn1cc(C(NS(=O)(=O)C(F)F)C(=O)O)cn1. The Labute approximate surface area is 95.1 Å². The van der Waals surface area contributed by atoms with Crippen molar-refractivity contribution in [3.05, 3.63) is 18.0 Å². The van der Waals surface area contributed by atoms with Crippen molar-refractivity contribution >= 4 is 16.0 Å². The van der Waals surface area contributed by atoms with E-state index in [1.165, 1.54) is 22.6 Å². The number of hydrogen-bond donors (Lipinski definition) is 2. The Hall–Kier alpha value is -1.55. The molecule has 0 aliphatic heterocycles. The highest BCUT2D eigenvalue weighted by Gasteiger charge is 2.32. The van der Waals surface area contributed by atoms with Crippen LogP contribution >= 0.6 is 0 Å².